The first-order valence-electron chi connectivity index (χ1n) is 13.9. The van der Waals surface area contributed by atoms with Crippen LogP contribution in [0.15, 0.2) is 24.3 Å². The molecule has 8 aliphatic carbocycles. The molecule has 35 heavy (non-hydrogen) atoms. The summed E-state index contributed by atoms with van der Waals surface area (Å²) in [5, 5.41) is 0. The zero-order chi connectivity index (χ0) is 23.5. The minimum Gasteiger partial charge on any atom is -0.393 e. The quantitative estimate of drug-likeness (QED) is 0.178. The Bertz CT molecular complexity index is 1090. The van der Waals surface area contributed by atoms with E-state index in [0.717, 1.165) is 24.7 Å². The maximum absolute atomic E-state index is 12.3. The summed E-state index contributed by atoms with van der Waals surface area (Å²) < 4.78 is 4.87. The van der Waals surface area contributed by atoms with Crippen molar-refractivity contribution in [2.24, 2.45) is 94.7 Å². The van der Waals surface area contributed by atoms with Crippen LogP contribution in [0.3, 0.4) is 0 Å². The molecule has 10 aliphatic rings. The maximum atomic E-state index is 12.3. The first-order chi connectivity index (χ1) is 16.9. The maximum Gasteiger partial charge on any atom is 0.317 e. The van der Waals surface area contributed by atoms with Gasteiger partial charge in [-0.15, -0.1) is 0 Å². The summed E-state index contributed by atoms with van der Waals surface area (Å²) in [4.78, 5) is 49.5. The highest BCUT2D eigenvalue weighted by Gasteiger charge is 2.71. The van der Waals surface area contributed by atoms with Crippen molar-refractivity contribution in [3.05, 3.63) is 24.3 Å². The molecule has 0 aromatic carbocycles. The number of amides is 2. The SMILES string of the molecule is CN1C(=O)C2C3CC(C2C1=O)C1C2C=CC(C2)C31.O=C1OC(=O)C2C3CC(C12)C1C2C=CC(C2)C31. The number of cyclic esters (lactones) is 2. The van der Waals surface area contributed by atoms with E-state index in [1.807, 2.05) is 0 Å². The minimum atomic E-state index is -0.224. The average molecular weight is 474 g/mol. The molecular weight excluding hydrogens is 442 g/mol. The van der Waals surface area contributed by atoms with Crippen molar-refractivity contribution < 1.29 is 23.9 Å². The second-order valence-corrected chi connectivity index (χ2v) is 13.4. The predicted octanol–water partition coefficient (Wildman–Crippen LogP) is 2.70. The number of hydrogen-bond acceptors (Lipinski definition) is 5. The van der Waals surface area contributed by atoms with Gasteiger partial charge in [0.25, 0.3) is 0 Å². The molecule has 2 saturated heterocycles. The highest BCUT2D eigenvalue weighted by Crippen LogP contribution is 2.71. The molecule has 10 rings (SSSR count). The number of allylic oxidation sites excluding steroid dienone is 4. The molecule has 2 aliphatic heterocycles. The number of rotatable bonds is 0. The third-order valence-electron chi connectivity index (χ3n) is 12.8. The molecule has 6 heteroatoms. The van der Waals surface area contributed by atoms with Crippen LogP contribution in [-0.4, -0.2) is 35.7 Å². The lowest BCUT2D eigenvalue weighted by molar-refractivity contribution is -0.155. The smallest absolute Gasteiger partial charge is 0.317 e. The van der Waals surface area contributed by atoms with E-state index in [0.29, 0.717) is 59.2 Å². The second-order valence-electron chi connectivity index (χ2n) is 13.4. The first kappa shape index (κ1) is 19.9. The number of esters is 2. The van der Waals surface area contributed by atoms with E-state index in [1.165, 1.54) is 17.7 Å². The first-order valence-corrected chi connectivity index (χ1v) is 13.9. The van der Waals surface area contributed by atoms with Gasteiger partial charge in [-0.3, -0.25) is 24.1 Å². The largest absolute Gasteiger partial charge is 0.393 e. The fourth-order valence-corrected chi connectivity index (χ4v) is 12.2. The summed E-state index contributed by atoms with van der Waals surface area (Å²) in [5.74, 6) is 7.17. The third-order valence-corrected chi connectivity index (χ3v) is 12.8. The van der Waals surface area contributed by atoms with Crippen molar-refractivity contribution in [3.63, 3.8) is 0 Å². The standard InChI is InChI=1S/C15H17NO2.C14H14O3/c1-16-14(17)12-8-5-9(13(12)15(16)18)11-7-3-2-6(4-7)10(8)11;15-13-11-7-4-8(12(11)14(16)17-13)10-6-2-1-5(3-6)9(7)10/h2-3,6-13H,4-5H2,1H3;1-2,5-12H,3-4H2. The van der Waals surface area contributed by atoms with E-state index in [4.69, 9.17) is 4.74 Å². The highest BCUT2D eigenvalue weighted by atomic mass is 16.6. The number of likely N-dealkylation sites (tertiary alicyclic amines) is 1. The molecule has 0 radical (unpaired) electrons. The van der Waals surface area contributed by atoms with Crippen LogP contribution < -0.4 is 0 Å². The Kier molecular flexibility index (Phi) is 3.51. The summed E-state index contributed by atoms with van der Waals surface area (Å²) in [6.07, 6.45) is 14.3. The van der Waals surface area contributed by atoms with Gasteiger partial charge in [-0.05, 0) is 96.7 Å². The van der Waals surface area contributed by atoms with Crippen molar-refractivity contribution in [1.29, 1.82) is 0 Å². The molecule has 8 bridgehead atoms. The van der Waals surface area contributed by atoms with Gasteiger partial charge in [0.1, 0.15) is 0 Å². The Morgan fingerprint density at radius 1 is 0.571 bits per heavy atom. The minimum absolute atomic E-state index is 0.0431. The summed E-state index contributed by atoms with van der Waals surface area (Å²) in [7, 11) is 1.67. The van der Waals surface area contributed by atoms with Crippen LogP contribution in [0.25, 0.3) is 0 Å². The molecule has 2 heterocycles. The number of carbonyl (C=O) groups is 4. The van der Waals surface area contributed by atoms with Crippen LogP contribution in [0.4, 0.5) is 0 Å². The zero-order valence-corrected chi connectivity index (χ0v) is 19.9. The molecule has 16 unspecified atom stereocenters. The summed E-state index contributed by atoms with van der Waals surface area (Å²) in [6, 6.07) is 0. The monoisotopic (exact) mass is 473 g/mol. The molecular formula is C29H31NO5. The van der Waals surface area contributed by atoms with E-state index in [-0.39, 0.29) is 47.4 Å². The van der Waals surface area contributed by atoms with Crippen LogP contribution in [0.2, 0.25) is 0 Å². The van der Waals surface area contributed by atoms with Gasteiger partial charge in [-0.25, -0.2) is 0 Å². The Morgan fingerprint density at radius 2 is 0.914 bits per heavy atom. The van der Waals surface area contributed by atoms with Gasteiger partial charge in [0.05, 0.1) is 23.7 Å². The molecule has 0 N–H and O–H groups in total. The van der Waals surface area contributed by atoms with Gasteiger partial charge in [-0.1, -0.05) is 24.3 Å². The van der Waals surface area contributed by atoms with Crippen molar-refractivity contribution >= 4 is 23.8 Å². The fourth-order valence-electron chi connectivity index (χ4n) is 12.2. The summed E-state index contributed by atoms with van der Waals surface area (Å²) >= 11 is 0. The van der Waals surface area contributed by atoms with E-state index in [1.54, 1.807) is 7.05 Å². The van der Waals surface area contributed by atoms with Crippen molar-refractivity contribution in [2.45, 2.75) is 25.7 Å². The summed E-state index contributed by atoms with van der Waals surface area (Å²) in [6.45, 7) is 0. The zero-order valence-electron chi connectivity index (χ0n) is 19.9. The van der Waals surface area contributed by atoms with Crippen LogP contribution in [0, 0.1) is 94.7 Å². The van der Waals surface area contributed by atoms with Crippen LogP contribution >= 0.6 is 0 Å². The molecule has 0 spiro atoms. The Labute approximate surface area is 204 Å². The van der Waals surface area contributed by atoms with Crippen LogP contribution in [-0.2, 0) is 23.9 Å². The number of nitrogens with zero attached hydrogens (tertiary/aromatic N) is 1. The number of carbonyl (C=O) groups excluding carboxylic acids is 4. The van der Waals surface area contributed by atoms with Crippen LogP contribution in [0.1, 0.15) is 25.7 Å². The number of hydrogen-bond donors (Lipinski definition) is 0. The predicted molar refractivity (Wildman–Crippen MR) is 121 cm³/mol. The molecule has 6 nitrogen and oxygen atoms in total. The highest BCUT2D eigenvalue weighted by molar-refractivity contribution is 6.05. The Morgan fingerprint density at radius 3 is 1.29 bits per heavy atom. The third kappa shape index (κ3) is 2.10. The normalized spacial score (nSPS) is 59.9. The van der Waals surface area contributed by atoms with Gasteiger partial charge in [0, 0.05) is 7.05 Å². The molecule has 6 saturated carbocycles. The molecule has 16 atom stereocenters. The lowest BCUT2D eigenvalue weighted by Crippen LogP contribution is -2.38. The van der Waals surface area contributed by atoms with E-state index in [2.05, 4.69) is 24.3 Å². The van der Waals surface area contributed by atoms with Crippen molar-refractivity contribution in [1.82, 2.24) is 4.90 Å². The lowest BCUT2D eigenvalue weighted by Gasteiger charge is -2.36. The van der Waals surface area contributed by atoms with Crippen molar-refractivity contribution in [3.8, 4) is 0 Å². The van der Waals surface area contributed by atoms with E-state index >= 15 is 0 Å². The molecule has 2 amide bonds. The van der Waals surface area contributed by atoms with Gasteiger partial charge in [-0.2, -0.15) is 0 Å². The Balaban J connectivity index is 0.000000106. The van der Waals surface area contributed by atoms with Crippen molar-refractivity contribution in [2.75, 3.05) is 7.05 Å². The molecule has 0 aromatic rings. The van der Waals surface area contributed by atoms with Crippen LogP contribution in [0.5, 0.6) is 0 Å². The molecule has 182 valence electrons. The van der Waals surface area contributed by atoms with Gasteiger partial charge in [0.2, 0.25) is 11.8 Å². The average Bonchev–Trinajstić information content (AvgIpc) is 3.70. The molecule has 8 fully saturated rings. The summed E-state index contributed by atoms with van der Waals surface area (Å²) in [5.41, 5.74) is 0. The number of fused-ring (bicyclic) bond motifs is 24. The van der Waals surface area contributed by atoms with Gasteiger partial charge in [0.15, 0.2) is 0 Å². The van der Waals surface area contributed by atoms with E-state index < -0.39 is 0 Å². The Hall–Kier alpha value is -2.24. The number of imide groups is 1. The van der Waals surface area contributed by atoms with Gasteiger partial charge >= 0.3 is 11.9 Å². The second kappa shape index (κ2) is 6.18. The van der Waals surface area contributed by atoms with E-state index in [9.17, 15) is 19.2 Å². The van der Waals surface area contributed by atoms with Gasteiger partial charge < -0.3 is 4.74 Å². The fraction of sp³-hybridized carbons (Fsp3) is 0.724. The molecule has 0 aromatic heterocycles. The lowest BCUT2D eigenvalue weighted by atomic mass is 9.65. The topological polar surface area (TPSA) is 80.8 Å². The number of ether oxygens (including phenoxy) is 1.